The van der Waals surface area contributed by atoms with Crippen LogP contribution in [0.1, 0.15) is 19.3 Å². The van der Waals surface area contributed by atoms with Crippen LogP contribution in [-0.2, 0) is 4.79 Å². The maximum atomic E-state index is 11.4. The van der Waals surface area contributed by atoms with Gasteiger partial charge in [-0.2, -0.15) is 11.8 Å². The zero-order valence-corrected chi connectivity index (χ0v) is 9.96. The van der Waals surface area contributed by atoms with Crippen molar-refractivity contribution in [1.82, 2.24) is 4.90 Å². The third kappa shape index (κ3) is 7.20. The molecule has 0 aromatic rings. The number of amides is 1. The first-order valence-electron chi connectivity index (χ1n) is 4.51. The predicted octanol–water partition coefficient (Wildman–Crippen LogP) is 2.22. The third-order valence-corrected chi connectivity index (χ3v) is 2.69. The van der Waals surface area contributed by atoms with Gasteiger partial charge in [-0.1, -0.05) is 0 Å². The van der Waals surface area contributed by atoms with Crippen LogP contribution in [0.2, 0.25) is 0 Å². The molecule has 1 amide bonds. The zero-order valence-electron chi connectivity index (χ0n) is 8.38. The Morgan fingerprint density at radius 2 is 2.15 bits per heavy atom. The van der Waals surface area contributed by atoms with Gasteiger partial charge in [-0.3, -0.25) is 4.79 Å². The summed E-state index contributed by atoms with van der Waals surface area (Å²) in [5, 5.41) is 0. The molecule has 4 heteroatoms. The standard InChI is InChI=1S/C9H18ClNOS/c1-11(7-8-13-2)9(12)5-3-4-6-10/h3-8H2,1-2H3. The summed E-state index contributed by atoms with van der Waals surface area (Å²) in [5.74, 6) is 1.90. The summed E-state index contributed by atoms with van der Waals surface area (Å²) in [4.78, 5) is 13.2. The van der Waals surface area contributed by atoms with Crippen LogP contribution in [0.25, 0.3) is 0 Å². The summed E-state index contributed by atoms with van der Waals surface area (Å²) in [7, 11) is 1.86. The number of halogens is 1. The minimum atomic E-state index is 0.235. The number of nitrogens with zero attached hydrogens (tertiary/aromatic N) is 1. The fraction of sp³-hybridized carbons (Fsp3) is 0.889. The summed E-state index contributed by atoms with van der Waals surface area (Å²) in [6.07, 6.45) is 4.53. The number of hydrogen-bond donors (Lipinski definition) is 0. The van der Waals surface area contributed by atoms with Crippen molar-refractivity contribution in [1.29, 1.82) is 0 Å². The van der Waals surface area contributed by atoms with Gasteiger partial charge in [0.15, 0.2) is 0 Å². The third-order valence-electron chi connectivity index (χ3n) is 1.83. The average Bonchev–Trinajstić information content (AvgIpc) is 2.14. The second kappa shape index (κ2) is 8.70. The van der Waals surface area contributed by atoms with E-state index in [4.69, 9.17) is 11.6 Å². The first-order valence-corrected chi connectivity index (χ1v) is 6.44. The summed E-state index contributed by atoms with van der Waals surface area (Å²) in [6, 6.07) is 0. The van der Waals surface area contributed by atoms with Crippen LogP contribution < -0.4 is 0 Å². The molecule has 0 rings (SSSR count). The van der Waals surface area contributed by atoms with Crippen LogP contribution in [0.4, 0.5) is 0 Å². The van der Waals surface area contributed by atoms with Crippen molar-refractivity contribution in [3.8, 4) is 0 Å². The molecule has 0 atom stereocenters. The van der Waals surface area contributed by atoms with Gasteiger partial charge >= 0.3 is 0 Å². The molecular formula is C9H18ClNOS. The molecule has 0 unspecified atom stereocenters. The summed E-state index contributed by atoms with van der Waals surface area (Å²) in [6.45, 7) is 0.848. The maximum Gasteiger partial charge on any atom is 0.222 e. The molecular weight excluding hydrogens is 206 g/mol. The van der Waals surface area contributed by atoms with Gasteiger partial charge < -0.3 is 4.90 Å². The summed E-state index contributed by atoms with van der Waals surface area (Å²) >= 11 is 7.28. The van der Waals surface area contributed by atoms with E-state index in [-0.39, 0.29) is 5.91 Å². The molecule has 0 radical (unpaired) electrons. The molecule has 78 valence electrons. The van der Waals surface area contributed by atoms with E-state index in [1.54, 1.807) is 16.7 Å². The van der Waals surface area contributed by atoms with Gasteiger partial charge in [0.25, 0.3) is 0 Å². The number of carbonyl (C=O) groups is 1. The molecule has 0 saturated heterocycles. The molecule has 13 heavy (non-hydrogen) atoms. The molecule has 0 aliphatic carbocycles. The number of alkyl halides is 1. The Morgan fingerprint density at radius 1 is 1.46 bits per heavy atom. The number of hydrogen-bond acceptors (Lipinski definition) is 2. The SMILES string of the molecule is CSCCN(C)C(=O)CCCCCl. The first kappa shape index (κ1) is 13.1. The van der Waals surface area contributed by atoms with Gasteiger partial charge in [-0.15, -0.1) is 11.6 Å². The van der Waals surface area contributed by atoms with Gasteiger partial charge in [0, 0.05) is 31.6 Å². The largest absolute Gasteiger partial charge is 0.345 e. The quantitative estimate of drug-likeness (QED) is 0.487. The predicted molar refractivity (Wildman–Crippen MR) is 60.6 cm³/mol. The number of thioether (sulfide) groups is 1. The molecule has 0 aromatic carbocycles. The lowest BCUT2D eigenvalue weighted by Crippen LogP contribution is -2.28. The van der Waals surface area contributed by atoms with Gasteiger partial charge in [0.1, 0.15) is 0 Å². The molecule has 0 aromatic heterocycles. The number of unbranched alkanes of at least 4 members (excludes halogenated alkanes) is 1. The van der Waals surface area contributed by atoms with Crippen molar-refractivity contribution in [3.63, 3.8) is 0 Å². The Hall–Kier alpha value is 0.110. The van der Waals surface area contributed by atoms with Crippen molar-refractivity contribution in [2.24, 2.45) is 0 Å². The molecule has 0 N–H and O–H groups in total. The monoisotopic (exact) mass is 223 g/mol. The van der Waals surface area contributed by atoms with Crippen LogP contribution in [0.3, 0.4) is 0 Å². The minimum absolute atomic E-state index is 0.235. The Labute approximate surface area is 90.0 Å². The van der Waals surface area contributed by atoms with Crippen LogP contribution in [0.15, 0.2) is 0 Å². The van der Waals surface area contributed by atoms with Crippen LogP contribution in [0.5, 0.6) is 0 Å². The van der Waals surface area contributed by atoms with Crippen molar-refractivity contribution >= 4 is 29.3 Å². The molecule has 0 bridgehead atoms. The van der Waals surface area contributed by atoms with Crippen molar-refractivity contribution < 1.29 is 4.79 Å². The van der Waals surface area contributed by atoms with E-state index in [9.17, 15) is 4.79 Å². The second-order valence-electron chi connectivity index (χ2n) is 2.95. The lowest BCUT2D eigenvalue weighted by molar-refractivity contribution is -0.129. The molecule has 0 heterocycles. The van der Waals surface area contributed by atoms with Crippen LogP contribution >= 0.6 is 23.4 Å². The first-order chi connectivity index (χ1) is 6.22. The van der Waals surface area contributed by atoms with Gasteiger partial charge in [0.05, 0.1) is 0 Å². The van der Waals surface area contributed by atoms with E-state index >= 15 is 0 Å². The van der Waals surface area contributed by atoms with Crippen LogP contribution in [-0.4, -0.2) is 42.3 Å². The van der Waals surface area contributed by atoms with Crippen LogP contribution in [0, 0.1) is 0 Å². The Morgan fingerprint density at radius 3 is 2.69 bits per heavy atom. The van der Waals surface area contributed by atoms with E-state index in [1.165, 1.54) is 0 Å². The Balaban J connectivity index is 3.45. The highest BCUT2D eigenvalue weighted by Gasteiger charge is 2.06. The highest BCUT2D eigenvalue weighted by molar-refractivity contribution is 7.98. The number of carbonyl (C=O) groups excluding carboxylic acids is 1. The molecule has 0 fully saturated rings. The zero-order chi connectivity index (χ0) is 10.1. The molecule has 0 aliphatic rings. The topological polar surface area (TPSA) is 20.3 Å². The van der Waals surface area contributed by atoms with Gasteiger partial charge in [-0.05, 0) is 19.1 Å². The van der Waals surface area contributed by atoms with Crippen molar-refractivity contribution in [2.75, 3.05) is 31.5 Å². The van der Waals surface area contributed by atoms with E-state index in [0.717, 1.165) is 25.1 Å². The van der Waals surface area contributed by atoms with Gasteiger partial charge in [0.2, 0.25) is 5.91 Å². The minimum Gasteiger partial charge on any atom is -0.345 e. The lowest BCUT2D eigenvalue weighted by atomic mass is 10.2. The Bertz CT molecular complexity index is 144. The summed E-state index contributed by atoms with van der Waals surface area (Å²) in [5.41, 5.74) is 0. The highest BCUT2D eigenvalue weighted by Crippen LogP contribution is 2.01. The van der Waals surface area contributed by atoms with Crippen molar-refractivity contribution in [3.05, 3.63) is 0 Å². The number of rotatable bonds is 7. The van der Waals surface area contributed by atoms with E-state index < -0.39 is 0 Å². The highest BCUT2D eigenvalue weighted by atomic mass is 35.5. The lowest BCUT2D eigenvalue weighted by Gasteiger charge is -2.15. The summed E-state index contributed by atoms with van der Waals surface area (Å²) < 4.78 is 0. The second-order valence-corrected chi connectivity index (χ2v) is 4.32. The molecule has 0 aliphatic heterocycles. The molecule has 0 saturated carbocycles. The normalized spacial score (nSPS) is 10.1. The van der Waals surface area contributed by atoms with E-state index in [2.05, 4.69) is 0 Å². The van der Waals surface area contributed by atoms with E-state index in [0.29, 0.717) is 12.3 Å². The van der Waals surface area contributed by atoms with E-state index in [1.807, 2.05) is 13.3 Å². The fourth-order valence-corrected chi connectivity index (χ4v) is 1.56. The van der Waals surface area contributed by atoms with Crippen molar-refractivity contribution in [2.45, 2.75) is 19.3 Å². The fourth-order valence-electron chi connectivity index (χ4n) is 0.914. The Kier molecular flexibility index (Phi) is 8.77. The molecule has 0 spiro atoms. The maximum absolute atomic E-state index is 11.4. The smallest absolute Gasteiger partial charge is 0.222 e. The average molecular weight is 224 g/mol. The van der Waals surface area contributed by atoms with Gasteiger partial charge in [-0.25, -0.2) is 0 Å². The molecule has 2 nitrogen and oxygen atoms in total.